The highest BCUT2D eigenvalue weighted by atomic mass is 32.5. The van der Waals surface area contributed by atoms with Gasteiger partial charge in [-0.25, -0.2) is 18.1 Å². The van der Waals surface area contributed by atoms with Gasteiger partial charge < -0.3 is 48.2 Å². The molecule has 0 radical (unpaired) electrons. The van der Waals surface area contributed by atoms with E-state index in [1.165, 1.54) is 0 Å². The number of phosphoric ester groups is 1. The second kappa shape index (κ2) is 16.8. The number of rotatable bonds is 14. The maximum absolute atomic E-state index is 15.1. The molecule has 0 aliphatic carbocycles. The molecular formula is C24H30FN5O18P2S. The highest BCUT2D eigenvalue weighted by molar-refractivity contribution is 8.08. The van der Waals surface area contributed by atoms with Gasteiger partial charge in [0.2, 0.25) is 6.29 Å². The van der Waals surface area contributed by atoms with E-state index in [9.17, 15) is 48.5 Å². The van der Waals surface area contributed by atoms with Crippen molar-refractivity contribution in [2.75, 3.05) is 13.2 Å². The van der Waals surface area contributed by atoms with Gasteiger partial charge in [0.25, 0.3) is 5.56 Å². The van der Waals surface area contributed by atoms with Crippen molar-refractivity contribution in [2.24, 2.45) is 5.11 Å². The lowest BCUT2D eigenvalue weighted by Gasteiger charge is -2.43. The van der Waals surface area contributed by atoms with Crippen molar-refractivity contribution in [1.82, 2.24) is 9.55 Å². The van der Waals surface area contributed by atoms with Gasteiger partial charge in [0.15, 0.2) is 30.1 Å². The molecule has 7 unspecified atom stereocenters. The van der Waals surface area contributed by atoms with E-state index in [1.54, 1.807) is 0 Å². The first kappa shape index (κ1) is 41.8. The molecule has 1 aromatic rings. The zero-order valence-electron chi connectivity index (χ0n) is 26.3. The first-order valence-corrected chi connectivity index (χ1v) is 18.1. The molecule has 2 fully saturated rings. The Hall–Kier alpha value is -3.59. The van der Waals surface area contributed by atoms with Crippen molar-refractivity contribution in [3.05, 3.63) is 43.5 Å². The molecule has 3 rings (SSSR count). The van der Waals surface area contributed by atoms with Crippen molar-refractivity contribution >= 4 is 44.3 Å². The Morgan fingerprint density at radius 1 is 1.20 bits per heavy atom. The van der Waals surface area contributed by atoms with Crippen LogP contribution in [0, 0.1) is 12.3 Å². The number of phosphoric acid groups is 1. The van der Waals surface area contributed by atoms with E-state index in [0.717, 1.165) is 33.0 Å². The molecule has 0 spiro atoms. The van der Waals surface area contributed by atoms with E-state index in [-0.39, 0.29) is 0 Å². The first-order chi connectivity index (χ1) is 23.7. The lowest BCUT2D eigenvalue weighted by atomic mass is 9.92. The average molecular weight is 790 g/mol. The van der Waals surface area contributed by atoms with Gasteiger partial charge in [-0.2, -0.15) is 0 Å². The van der Waals surface area contributed by atoms with Gasteiger partial charge in [0.1, 0.15) is 31.0 Å². The zero-order chi connectivity index (χ0) is 38.5. The first-order valence-electron chi connectivity index (χ1n) is 14.0. The number of nitrogens with zero attached hydrogens (tertiary/aromatic N) is 4. The molecule has 12 atom stereocenters. The fraction of sp³-hybridized carbons (Fsp3) is 0.625. The molecular weight excluding hydrogens is 759 g/mol. The number of aliphatic hydroxyl groups is 2. The number of aliphatic hydroxyl groups excluding tert-OH is 2. The van der Waals surface area contributed by atoms with Crippen molar-refractivity contribution < 1.29 is 80.4 Å². The zero-order valence-corrected chi connectivity index (χ0v) is 28.9. The van der Waals surface area contributed by atoms with Crippen LogP contribution in [0.5, 0.6) is 0 Å². The van der Waals surface area contributed by atoms with E-state index < -0.39 is 118 Å². The third kappa shape index (κ3) is 10.3. The summed E-state index contributed by atoms with van der Waals surface area (Å²) in [5.41, 5.74) is 4.83. The number of aromatic amines is 1. The molecule has 0 amide bonds. The second-order valence-corrected chi connectivity index (χ2v) is 14.9. The van der Waals surface area contributed by atoms with Crippen molar-refractivity contribution in [1.29, 1.82) is 0 Å². The Morgan fingerprint density at radius 2 is 1.82 bits per heavy atom. The number of terminal acetylenes is 1. The van der Waals surface area contributed by atoms with Gasteiger partial charge in [-0.1, -0.05) is 11.0 Å². The number of hydrogen-bond donors (Lipinski definition) is 5. The van der Waals surface area contributed by atoms with Crippen LogP contribution in [0.25, 0.3) is 10.4 Å². The SMILES string of the molecule is C#C[C@@]1(N=[N+]=[N-])[C@H](O)[C@@H](COP(O)(=S)OP(=O)(O)OC2OC([C@@H](F)COC(C)=O)C(O)C(OC(C)=O)C2OC(C)=O)O[C@H]1n1ccc(=O)[nH]c1=O. The average Bonchev–Trinajstić information content (AvgIpc) is 3.28. The molecule has 2 aliphatic heterocycles. The molecule has 0 bridgehead atoms. The Balaban J connectivity index is 1.85. The van der Waals surface area contributed by atoms with Gasteiger partial charge in [0.05, 0.1) is 6.61 Å². The maximum atomic E-state index is 15.1. The summed E-state index contributed by atoms with van der Waals surface area (Å²) in [7, 11) is -5.78. The third-order valence-electron chi connectivity index (χ3n) is 6.84. The lowest BCUT2D eigenvalue weighted by molar-refractivity contribution is -0.293. The van der Waals surface area contributed by atoms with Crippen LogP contribution in [0.2, 0.25) is 0 Å². The minimum Gasteiger partial charge on any atom is -0.463 e. The number of alkyl halides is 1. The van der Waals surface area contributed by atoms with E-state index in [0.29, 0.717) is 4.57 Å². The predicted molar refractivity (Wildman–Crippen MR) is 164 cm³/mol. The number of halogens is 1. The standard InChI is InChI=1S/C24H30FN5O18P2S/c1-5-24(28-29-26)20(36)14(45-22(24)30-7-6-15(34)27-23(30)37)9-42-50(40,51)48-49(38,39)47-21-19(44-12(4)33)18(43-11(3)32)16(35)17(46-21)13(25)8-41-10(2)31/h1,6-7,13-14,16-22,35-36H,8-9H2,2-4H3,(H,38,39)(H,40,51)(H,27,34,37)/t13-,14+,16?,17?,18?,19?,20+,21?,22+,24+,50?/m0/s1. The van der Waals surface area contributed by atoms with Crippen LogP contribution >= 0.6 is 14.5 Å². The molecule has 27 heteroatoms. The quantitative estimate of drug-likeness (QED) is 0.0278. The van der Waals surface area contributed by atoms with Gasteiger partial charge in [0, 0.05) is 37.9 Å². The predicted octanol–water partition coefficient (Wildman–Crippen LogP) is -1.31. The Morgan fingerprint density at radius 3 is 2.37 bits per heavy atom. The summed E-state index contributed by atoms with van der Waals surface area (Å²) < 4.78 is 68.5. The molecule has 23 nitrogen and oxygen atoms in total. The van der Waals surface area contributed by atoms with Crippen molar-refractivity contribution in [2.45, 2.75) is 81.6 Å². The van der Waals surface area contributed by atoms with Gasteiger partial charge in [-0.05, 0) is 17.3 Å². The van der Waals surface area contributed by atoms with E-state index in [1.807, 2.05) is 10.9 Å². The molecule has 51 heavy (non-hydrogen) atoms. The fourth-order valence-corrected chi connectivity index (χ4v) is 7.89. The molecule has 3 heterocycles. The number of nitrogens with one attached hydrogen (secondary N) is 1. The Labute approximate surface area is 289 Å². The van der Waals surface area contributed by atoms with Crippen LogP contribution in [-0.2, 0) is 67.8 Å². The minimum absolute atomic E-state index is 0.672. The number of carbonyl (C=O) groups is 3. The fourth-order valence-electron chi connectivity index (χ4n) is 4.80. The topological polar surface area (TPSA) is 327 Å². The van der Waals surface area contributed by atoms with Crippen LogP contribution in [0.15, 0.2) is 27.0 Å². The number of esters is 3. The van der Waals surface area contributed by atoms with Crippen LogP contribution in [0.4, 0.5) is 4.39 Å². The number of ether oxygens (including phenoxy) is 5. The molecule has 2 aliphatic rings. The molecule has 282 valence electrons. The highest BCUT2D eigenvalue weighted by Crippen LogP contribution is 2.62. The lowest BCUT2D eigenvalue weighted by Crippen LogP contribution is -2.63. The van der Waals surface area contributed by atoms with Crippen LogP contribution < -0.4 is 11.2 Å². The van der Waals surface area contributed by atoms with Crippen LogP contribution in [0.1, 0.15) is 27.0 Å². The normalized spacial score (nSPS) is 31.8. The number of aromatic nitrogens is 2. The monoisotopic (exact) mass is 789 g/mol. The summed E-state index contributed by atoms with van der Waals surface area (Å²) in [6.45, 7) is -4.42. The van der Waals surface area contributed by atoms with Crippen LogP contribution in [0.3, 0.4) is 0 Å². The molecule has 1 aromatic heterocycles. The Bertz CT molecular complexity index is 1800. The summed E-state index contributed by atoms with van der Waals surface area (Å²) in [5, 5.41) is 25.1. The summed E-state index contributed by atoms with van der Waals surface area (Å²) in [6, 6.07) is 0.880. The van der Waals surface area contributed by atoms with E-state index in [4.69, 9.17) is 51.8 Å². The van der Waals surface area contributed by atoms with Crippen LogP contribution in [-0.4, -0.2) is 115 Å². The van der Waals surface area contributed by atoms with Gasteiger partial charge in [-0.15, -0.1) is 6.42 Å². The molecule has 2 saturated heterocycles. The van der Waals surface area contributed by atoms with E-state index >= 15 is 4.39 Å². The Kier molecular flexibility index (Phi) is 13.8. The minimum atomic E-state index is -5.78. The molecule has 0 saturated carbocycles. The van der Waals surface area contributed by atoms with E-state index in [2.05, 4.69) is 19.1 Å². The smallest absolute Gasteiger partial charge is 0.463 e. The number of azide groups is 1. The molecule has 0 aromatic carbocycles. The maximum Gasteiger partial charge on any atom is 0.481 e. The summed E-state index contributed by atoms with van der Waals surface area (Å²) in [6.07, 6.45) is -12.3. The number of carbonyl (C=O) groups excluding carboxylic acids is 3. The molecule has 5 N–H and O–H groups in total. The largest absolute Gasteiger partial charge is 0.481 e. The summed E-state index contributed by atoms with van der Waals surface area (Å²) >= 11 is 4.76. The third-order valence-corrected chi connectivity index (χ3v) is 10.4. The summed E-state index contributed by atoms with van der Waals surface area (Å²) in [4.78, 5) is 84.4. The number of hydrogen-bond acceptors (Lipinski definition) is 18. The second-order valence-electron chi connectivity index (χ2n) is 10.5. The van der Waals surface area contributed by atoms with Gasteiger partial charge >= 0.3 is 38.1 Å². The van der Waals surface area contributed by atoms with Crippen molar-refractivity contribution in [3.8, 4) is 12.3 Å². The van der Waals surface area contributed by atoms with Crippen molar-refractivity contribution in [3.63, 3.8) is 0 Å². The van der Waals surface area contributed by atoms with Gasteiger partial charge in [-0.3, -0.25) is 33.3 Å². The number of H-pyrrole nitrogens is 1. The summed E-state index contributed by atoms with van der Waals surface area (Å²) in [5.74, 6) is -1.16. The highest BCUT2D eigenvalue weighted by Gasteiger charge is 2.58.